The van der Waals surface area contributed by atoms with Gasteiger partial charge in [-0.2, -0.15) is 0 Å². The van der Waals surface area contributed by atoms with E-state index in [1.807, 2.05) is 18.2 Å². The number of aliphatic imine (C=N–C) groups is 1. The molecule has 0 saturated carbocycles. The van der Waals surface area contributed by atoms with Crippen molar-refractivity contribution in [2.45, 2.75) is 25.3 Å². The Labute approximate surface area is 207 Å². The number of anilines is 1. The number of nitrogens with one attached hydrogen (secondary N) is 2. The zero-order valence-corrected chi connectivity index (χ0v) is 20.8. The molecule has 0 amide bonds. The summed E-state index contributed by atoms with van der Waals surface area (Å²) in [6, 6.07) is 6.17. The van der Waals surface area contributed by atoms with Crippen LogP contribution in [0.3, 0.4) is 0 Å². The lowest BCUT2D eigenvalue weighted by Crippen LogP contribution is -2.49. The number of nitrogens with zero attached hydrogens (tertiary/aromatic N) is 5. The van der Waals surface area contributed by atoms with E-state index in [1.165, 1.54) is 0 Å². The van der Waals surface area contributed by atoms with Crippen molar-refractivity contribution in [2.75, 3.05) is 63.9 Å². The van der Waals surface area contributed by atoms with E-state index >= 15 is 0 Å². The number of piperidine rings is 1. The van der Waals surface area contributed by atoms with Gasteiger partial charge in [-0.05, 0) is 31.0 Å². The number of guanidine groups is 1. The first-order chi connectivity index (χ1) is 15.4. The minimum atomic E-state index is 0. The third-order valence-electron chi connectivity index (χ3n) is 5.70. The van der Waals surface area contributed by atoms with Crippen molar-refractivity contribution in [1.82, 2.24) is 25.5 Å². The quantitative estimate of drug-likeness (QED) is 0.290. The predicted octanol–water partition coefficient (Wildman–Crippen LogP) is 1.77. The minimum Gasteiger partial charge on any atom is -0.469 e. The van der Waals surface area contributed by atoms with E-state index in [4.69, 9.17) is 14.1 Å². The molecule has 4 heterocycles. The second-order valence-electron chi connectivity index (χ2n) is 7.89. The maximum absolute atomic E-state index is 5.44. The summed E-state index contributed by atoms with van der Waals surface area (Å²) in [5.41, 5.74) is 0. The third-order valence-corrected chi connectivity index (χ3v) is 5.70. The van der Waals surface area contributed by atoms with Crippen LogP contribution in [-0.4, -0.2) is 85.9 Å². The topological polar surface area (TPSA) is 91.1 Å². The minimum absolute atomic E-state index is 0. The molecule has 0 spiro atoms. The van der Waals surface area contributed by atoms with E-state index in [0.29, 0.717) is 6.04 Å². The Bertz CT molecular complexity index is 777. The Morgan fingerprint density at radius 2 is 1.88 bits per heavy atom. The lowest BCUT2D eigenvalue weighted by Gasteiger charge is -2.33. The van der Waals surface area contributed by atoms with Gasteiger partial charge >= 0.3 is 0 Å². The van der Waals surface area contributed by atoms with Gasteiger partial charge in [-0.25, -0.2) is 9.97 Å². The van der Waals surface area contributed by atoms with Crippen LogP contribution in [0.4, 0.5) is 5.95 Å². The van der Waals surface area contributed by atoms with Crippen LogP contribution in [0.1, 0.15) is 18.6 Å². The molecule has 2 aliphatic rings. The maximum atomic E-state index is 5.44. The summed E-state index contributed by atoms with van der Waals surface area (Å²) in [7, 11) is 0. The van der Waals surface area contributed by atoms with Crippen molar-refractivity contribution in [3.05, 3.63) is 42.6 Å². The molecule has 10 heteroatoms. The highest BCUT2D eigenvalue weighted by atomic mass is 127. The van der Waals surface area contributed by atoms with Gasteiger partial charge in [-0.15, -0.1) is 24.0 Å². The number of aromatic nitrogens is 2. The van der Waals surface area contributed by atoms with Crippen LogP contribution in [0.15, 0.2) is 46.3 Å². The second kappa shape index (κ2) is 13.6. The van der Waals surface area contributed by atoms with Crippen LogP contribution in [0.5, 0.6) is 0 Å². The number of rotatable bonds is 8. The number of hydrogen-bond donors (Lipinski definition) is 2. The van der Waals surface area contributed by atoms with Gasteiger partial charge in [-0.1, -0.05) is 0 Å². The third kappa shape index (κ3) is 7.89. The van der Waals surface area contributed by atoms with Crippen LogP contribution in [0.2, 0.25) is 0 Å². The van der Waals surface area contributed by atoms with Crippen molar-refractivity contribution in [3.8, 4) is 0 Å². The fourth-order valence-electron chi connectivity index (χ4n) is 3.91. The van der Waals surface area contributed by atoms with Gasteiger partial charge < -0.3 is 24.7 Å². The highest BCUT2D eigenvalue weighted by Crippen LogP contribution is 2.15. The largest absolute Gasteiger partial charge is 0.469 e. The van der Waals surface area contributed by atoms with Crippen LogP contribution < -0.4 is 15.5 Å². The summed E-state index contributed by atoms with van der Waals surface area (Å²) in [6.45, 7) is 8.01. The predicted molar refractivity (Wildman–Crippen MR) is 136 cm³/mol. The number of ether oxygens (including phenoxy) is 1. The lowest BCUT2D eigenvalue weighted by molar-refractivity contribution is 0.0394. The summed E-state index contributed by atoms with van der Waals surface area (Å²) in [5, 5.41) is 7.13. The van der Waals surface area contributed by atoms with E-state index in [1.54, 1.807) is 18.7 Å². The van der Waals surface area contributed by atoms with E-state index in [9.17, 15) is 0 Å². The molecule has 0 unspecified atom stereocenters. The molecule has 0 aromatic carbocycles. The summed E-state index contributed by atoms with van der Waals surface area (Å²) in [4.78, 5) is 18.3. The van der Waals surface area contributed by atoms with Gasteiger partial charge in [0.15, 0.2) is 5.96 Å². The Hall–Kier alpha value is -1.92. The summed E-state index contributed by atoms with van der Waals surface area (Å²) >= 11 is 0. The molecular formula is C22H34IN7O2. The van der Waals surface area contributed by atoms with Crippen LogP contribution in [-0.2, 0) is 11.2 Å². The number of furan rings is 1. The number of morpholine rings is 1. The first-order valence-corrected chi connectivity index (χ1v) is 11.3. The van der Waals surface area contributed by atoms with Crippen LogP contribution in [0, 0.1) is 0 Å². The zero-order chi connectivity index (χ0) is 21.1. The summed E-state index contributed by atoms with van der Waals surface area (Å²) in [6.07, 6.45) is 8.21. The Balaban J connectivity index is 0.00000289. The zero-order valence-electron chi connectivity index (χ0n) is 18.5. The van der Waals surface area contributed by atoms with Crippen molar-refractivity contribution in [2.24, 2.45) is 4.99 Å². The van der Waals surface area contributed by atoms with Gasteiger partial charge in [0.05, 0.1) is 26.0 Å². The van der Waals surface area contributed by atoms with E-state index in [0.717, 1.165) is 96.0 Å². The lowest BCUT2D eigenvalue weighted by atomic mass is 10.1. The average molecular weight is 555 g/mol. The first kappa shape index (κ1) is 24.7. The molecule has 0 bridgehead atoms. The molecule has 0 radical (unpaired) electrons. The molecular weight excluding hydrogens is 521 g/mol. The Morgan fingerprint density at radius 3 is 2.59 bits per heavy atom. The van der Waals surface area contributed by atoms with Crippen LogP contribution >= 0.6 is 24.0 Å². The molecule has 2 aromatic heterocycles. The fourth-order valence-corrected chi connectivity index (χ4v) is 3.91. The highest BCUT2D eigenvalue weighted by Gasteiger charge is 2.21. The Kier molecular flexibility index (Phi) is 10.5. The van der Waals surface area contributed by atoms with Gasteiger partial charge in [-0.3, -0.25) is 9.89 Å². The molecule has 2 fully saturated rings. The summed E-state index contributed by atoms with van der Waals surface area (Å²) < 4.78 is 10.9. The molecule has 2 saturated heterocycles. The van der Waals surface area contributed by atoms with Gasteiger partial charge in [0.1, 0.15) is 5.76 Å². The molecule has 0 aliphatic carbocycles. The standard InChI is InChI=1S/C22H33N7O2.HI/c1-3-20(31-16-1)4-9-23-21(24-10-13-28-14-17-30-18-15-28)27-19-5-11-29(12-6-19)22-25-7-2-8-26-22;/h1-3,7-8,16,19H,4-6,9-15,17-18H2,(H2,23,24,27);1H. The number of halogens is 1. The SMILES string of the molecule is I.c1cnc(N2CCC(NC(=NCCN3CCOCC3)NCCc3ccco3)CC2)nc1. The first-order valence-electron chi connectivity index (χ1n) is 11.3. The van der Waals surface area contributed by atoms with Crippen molar-refractivity contribution < 1.29 is 9.15 Å². The van der Waals surface area contributed by atoms with Gasteiger partial charge in [0, 0.05) is 64.1 Å². The van der Waals surface area contributed by atoms with E-state index in [2.05, 4.69) is 30.4 Å². The molecule has 2 aromatic rings. The molecule has 32 heavy (non-hydrogen) atoms. The smallest absolute Gasteiger partial charge is 0.225 e. The molecule has 4 rings (SSSR count). The highest BCUT2D eigenvalue weighted by molar-refractivity contribution is 14.0. The summed E-state index contributed by atoms with van der Waals surface area (Å²) in [5.74, 6) is 2.68. The monoisotopic (exact) mass is 555 g/mol. The molecule has 2 aliphatic heterocycles. The maximum Gasteiger partial charge on any atom is 0.225 e. The van der Waals surface area contributed by atoms with Gasteiger partial charge in [0.2, 0.25) is 5.95 Å². The normalized spacial score (nSPS) is 18.2. The van der Waals surface area contributed by atoms with Crippen molar-refractivity contribution in [1.29, 1.82) is 0 Å². The van der Waals surface area contributed by atoms with E-state index < -0.39 is 0 Å². The molecule has 9 nitrogen and oxygen atoms in total. The second-order valence-corrected chi connectivity index (χ2v) is 7.89. The van der Waals surface area contributed by atoms with Crippen LogP contribution in [0.25, 0.3) is 0 Å². The van der Waals surface area contributed by atoms with E-state index in [-0.39, 0.29) is 24.0 Å². The molecule has 2 N–H and O–H groups in total. The number of hydrogen-bond acceptors (Lipinski definition) is 7. The van der Waals surface area contributed by atoms with Crippen molar-refractivity contribution >= 4 is 35.9 Å². The average Bonchev–Trinajstić information content (AvgIpc) is 3.34. The molecule has 176 valence electrons. The Morgan fingerprint density at radius 1 is 1.09 bits per heavy atom. The van der Waals surface area contributed by atoms with Crippen molar-refractivity contribution in [3.63, 3.8) is 0 Å². The fraction of sp³-hybridized carbons (Fsp3) is 0.591. The van der Waals surface area contributed by atoms with Gasteiger partial charge in [0.25, 0.3) is 0 Å². The molecule has 0 atom stereocenters.